The molecule has 1 N–H and O–H groups in total. The molecule has 0 saturated carbocycles. The van der Waals surface area contributed by atoms with E-state index in [0.29, 0.717) is 23.5 Å². The van der Waals surface area contributed by atoms with E-state index < -0.39 is 0 Å². The van der Waals surface area contributed by atoms with Crippen LogP contribution in [0.25, 0.3) is 0 Å². The van der Waals surface area contributed by atoms with Gasteiger partial charge >= 0.3 is 6.03 Å². The first-order valence-corrected chi connectivity index (χ1v) is 7.62. The van der Waals surface area contributed by atoms with E-state index in [2.05, 4.69) is 16.4 Å². The second-order valence-corrected chi connectivity index (χ2v) is 5.60. The van der Waals surface area contributed by atoms with Crippen LogP contribution in [0.15, 0.2) is 42.6 Å². The summed E-state index contributed by atoms with van der Waals surface area (Å²) in [7, 11) is 1.68. The molecule has 0 atom stereocenters. The van der Waals surface area contributed by atoms with Crippen molar-refractivity contribution >= 4 is 11.7 Å². The summed E-state index contributed by atoms with van der Waals surface area (Å²) in [5, 5.41) is 11.8. The zero-order chi connectivity index (χ0) is 17.5. The number of hydrogen-bond donors (Lipinski definition) is 1. The summed E-state index contributed by atoms with van der Waals surface area (Å²) in [6, 6.07) is 12.3. The molecule has 1 aromatic carbocycles. The second-order valence-electron chi connectivity index (χ2n) is 5.60. The number of amides is 2. The van der Waals surface area contributed by atoms with Crippen molar-refractivity contribution in [3.8, 4) is 11.8 Å². The molecule has 24 heavy (non-hydrogen) atoms. The van der Waals surface area contributed by atoms with Gasteiger partial charge in [0.15, 0.2) is 0 Å². The molecular formula is C18H20N4O2. The van der Waals surface area contributed by atoms with Crippen molar-refractivity contribution in [3.63, 3.8) is 0 Å². The lowest BCUT2D eigenvalue weighted by Crippen LogP contribution is -2.31. The van der Waals surface area contributed by atoms with Crippen LogP contribution in [-0.4, -0.2) is 29.1 Å². The third-order valence-electron chi connectivity index (χ3n) is 3.18. The number of carbonyl (C=O) groups excluding carboxylic acids is 1. The Hall–Kier alpha value is -3.07. The minimum Gasteiger partial charge on any atom is -0.489 e. The number of pyridine rings is 1. The minimum atomic E-state index is -0.302. The Balaban J connectivity index is 2.13. The number of carbonyl (C=O) groups is 1. The van der Waals surface area contributed by atoms with Crippen LogP contribution in [0, 0.1) is 11.3 Å². The van der Waals surface area contributed by atoms with Crippen LogP contribution in [0.4, 0.5) is 10.5 Å². The number of nitrogens with one attached hydrogen (secondary N) is 1. The molecule has 6 nitrogen and oxygen atoms in total. The number of benzene rings is 1. The number of hydrogen-bond acceptors (Lipinski definition) is 4. The van der Waals surface area contributed by atoms with Gasteiger partial charge in [0.1, 0.15) is 5.75 Å². The van der Waals surface area contributed by atoms with E-state index >= 15 is 0 Å². The fourth-order valence-corrected chi connectivity index (χ4v) is 2.07. The number of aromatic nitrogens is 1. The maximum atomic E-state index is 12.4. The third kappa shape index (κ3) is 4.71. The maximum absolute atomic E-state index is 12.4. The van der Waals surface area contributed by atoms with Gasteiger partial charge in [-0.1, -0.05) is 6.07 Å². The Labute approximate surface area is 141 Å². The lowest BCUT2D eigenvalue weighted by atomic mass is 10.2. The average Bonchev–Trinajstić information content (AvgIpc) is 2.56. The zero-order valence-corrected chi connectivity index (χ0v) is 14.0. The Morgan fingerprint density at radius 2 is 2.17 bits per heavy atom. The lowest BCUT2D eigenvalue weighted by Gasteiger charge is -2.20. The van der Waals surface area contributed by atoms with E-state index in [4.69, 9.17) is 10.00 Å². The van der Waals surface area contributed by atoms with E-state index in [1.165, 1.54) is 4.90 Å². The number of nitrogens with zero attached hydrogens (tertiary/aromatic N) is 3. The van der Waals surface area contributed by atoms with Gasteiger partial charge in [0.25, 0.3) is 0 Å². The third-order valence-corrected chi connectivity index (χ3v) is 3.18. The predicted molar refractivity (Wildman–Crippen MR) is 91.6 cm³/mol. The fraction of sp³-hybridized carbons (Fsp3) is 0.278. The molecule has 2 aromatic rings. The van der Waals surface area contributed by atoms with Crippen molar-refractivity contribution in [2.45, 2.75) is 26.5 Å². The largest absolute Gasteiger partial charge is 0.489 e. The van der Waals surface area contributed by atoms with Gasteiger partial charge in [-0.3, -0.25) is 4.98 Å². The highest BCUT2D eigenvalue weighted by Gasteiger charge is 2.14. The van der Waals surface area contributed by atoms with Crippen molar-refractivity contribution in [1.29, 1.82) is 5.26 Å². The van der Waals surface area contributed by atoms with E-state index in [1.807, 2.05) is 32.0 Å². The molecule has 0 fully saturated rings. The summed E-state index contributed by atoms with van der Waals surface area (Å²) in [4.78, 5) is 18.1. The van der Waals surface area contributed by atoms with E-state index in [-0.39, 0.29) is 12.1 Å². The van der Waals surface area contributed by atoms with Gasteiger partial charge in [0.05, 0.1) is 35.7 Å². The van der Waals surface area contributed by atoms with Crippen molar-refractivity contribution in [3.05, 3.63) is 53.9 Å². The molecule has 0 radical (unpaired) electrons. The number of anilines is 1. The molecular weight excluding hydrogens is 304 g/mol. The first kappa shape index (κ1) is 17.3. The Bertz CT molecular complexity index is 738. The van der Waals surface area contributed by atoms with Gasteiger partial charge in [0.2, 0.25) is 0 Å². The van der Waals surface area contributed by atoms with Gasteiger partial charge in [-0.2, -0.15) is 5.26 Å². The highest BCUT2D eigenvalue weighted by molar-refractivity contribution is 5.91. The van der Waals surface area contributed by atoms with Crippen molar-refractivity contribution in [2.24, 2.45) is 0 Å². The first-order valence-electron chi connectivity index (χ1n) is 7.62. The standard InChI is InChI=1S/C18H20N4O2/c1-13(2)24-17-8-7-14(11-19)10-16(17)21-18(23)22(3)12-15-6-4-5-9-20-15/h4-10,13H,12H2,1-3H3,(H,21,23). The van der Waals surface area contributed by atoms with Crippen LogP contribution < -0.4 is 10.1 Å². The summed E-state index contributed by atoms with van der Waals surface area (Å²) in [6.07, 6.45) is 1.64. The number of nitriles is 1. The molecule has 2 amide bonds. The number of urea groups is 1. The molecule has 0 aliphatic rings. The summed E-state index contributed by atoms with van der Waals surface area (Å²) >= 11 is 0. The highest BCUT2D eigenvalue weighted by atomic mass is 16.5. The van der Waals surface area contributed by atoms with Gasteiger partial charge in [0, 0.05) is 13.2 Å². The summed E-state index contributed by atoms with van der Waals surface area (Å²) in [6.45, 7) is 4.18. The molecule has 2 rings (SSSR count). The molecule has 0 bridgehead atoms. The molecule has 124 valence electrons. The molecule has 0 aliphatic carbocycles. The van der Waals surface area contributed by atoms with E-state index in [1.54, 1.807) is 31.4 Å². The highest BCUT2D eigenvalue weighted by Crippen LogP contribution is 2.27. The maximum Gasteiger partial charge on any atom is 0.322 e. The topological polar surface area (TPSA) is 78.2 Å². The molecule has 1 heterocycles. The summed E-state index contributed by atoms with van der Waals surface area (Å²) in [5.74, 6) is 0.531. The number of ether oxygens (including phenoxy) is 1. The molecule has 0 spiro atoms. The average molecular weight is 324 g/mol. The molecule has 6 heteroatoms. The Morgan fingerprint density at radius 1 is 1.38 bits per heavy atom. The minimum absolute atomic E-state index is 0.0418. The van der Waals surface area contributed by atoms with Gasteiger partial charge in [-0.25, -0.2) is 4.79 Å². The second kappa shape index (κ2) is 7.97. The Morgan fingerprint density at radius 3 is 2.79 bits per heavy atom. The molecule has 0 aliphatic heterocycles. The van der Waals surface area contributed by atoms with Crippen LogP contribution in [0.1, 0.15) is 25.1 Å². The van der Waals surface area contributed by atoms with E-state index in [9.17, 15) is 4.79 Å². The van der Waals surface area contributed by atoms with Crippen molar-refractivity contribution < 1.29 is 9.53 Å². The Kier molecular flexibility index (Phi) is 5.74. The molecule has 0 unspecified atom stereocenters. The zero-order valence-electron chi connectivity index (χ0n) is 14.0. The van der Waals surface area contributed by atoms with Crippen LogP contribution in [0.5, 0.6) is 5.75 Å². The fourth-order valence-electron chi connectivity index (χ4n) is 2.07. The van der Waals surface area contributed by atoms with Gasteiger partial charge < -0.3 is 15.0 Å². The van der Waals surface area contributed by atoms with Crippen molar-refractivity contribution in [2.75, 3.05) is 12.4 Å². The van der Waals surface area contributed by atoms with Crippen LogP contribution in [0.3, 0.4) is 0 Å². The quantitative estimate of drug-likeness (QED) is 0.914. The molecule has 1 aromatic heterocycles. The van der Waals surface area contributed by atoms with Crippen LogP contribution >= 0.6 is 0 Å². The summed E-state index contributed by atoms with van der Waals surface area (Å²) in [5.41, 5.74) is 1.72. The SMILES string of the molecule is CC(C)Oc1ccc(C#N)cc1NC(=O)N(C)Cc1ccccn1. The molecule has 0 saturated heterocycles. The monoisotopic (exact) mass is 324 g/mol. The number of rotatable bonds is 5. The van der Waals surface area contributed by atoms with Gasteiger partial charge in [-0.15, -0.1) is 0 Å². The van der Waals surface area contributed by atoms with E-state index in [0.717, 1.165) is 5.69 Å². The van der Waals surface area contributed by atoms with Crippen LogP contribution in [0.2, 0.25) is 0 Å². The van der Waals surface area contributed by atoms with Crippen molar-refractivity contribution in [1.82, 2.24) is 9.88 Å². The van der Waals surface area contributed by atoms with Gasteiger partial charge in [-0.05, 0) is 44.2 Å². The summed E-state index contributed by atoms with van der Waals surface area (Å²) < 4.78 is 5.69. The lowest BCUT2D eigenvalue weighted by molar-refractivity contribution is 0.219. The first-order chi connectivity index (χ1) is 11.5. The smallest absolute Gasteiger partial charge is 0.322 e. The van der Waals surface area contributed by atoms with Crippen LogP contribution in [-0.2, 0) is 6.54 Å². The normalized spacial score (nSPS) is 10.1. The predicted octanol–water partition coefficient (Wildman–Crippen LogP) is 3.40.